The van der Waals surface area contributed by atoms with Crippen LogP contribution in [0, 0.1) is 5.92 Å². The van der Waals surface area contributed by atoms with Crippen LogP contribution >= 0.6 is 0 Å². The summed E-state index contributed by atoms with van der Waals surface area (Å²) >= 11 is 0. The molecule has 1 aliphatic carbocycles. The molecule has 4 heteroatoms. The monoisotopic (exact) mass is 227 g/mol. The predicted molar refractivity (Wildman–Crippen MR) is 66.1 cm³/mol. The Morgan fingerprint density at radius 2 is 2.00 bits per heavy atom. The van der Waals surface area contributed by atoms with Crippen molar-refractivity contribution in [3.05, 3.63) is 0 Å². The molecule has 0 saturated heterocycles. The van der Waals surface area contributed by atoms with Crippen LogP contribution in [0.1, 0.15) is 25.7 Å². The molecule has 1 rings (SSSR count). The Kier molecular flexibility index (Phi) is 5.22. The molecule has 2 atom stereocenters. The molecule has 1 saturated carbocycles. The largest absolute Gasteiger partial charge is 0.342 e. The lowest BCUT2D eigenvalue weighted by atomic mass is 10.0. The van der Waals surface area contributed by atoms with Gasteiger partial charge in [0, 0.05) is 26.1 Å². The first-order chi connectivity index (χ1) is 7.56. The molecule has 16 heavy (non-hydrogen) atoms. The lowest BCUT2D eigenvalue weighted by molar-refractivity contribution is -0.132. The first-order valence-electron chi connectivity index (χ1n) is 6.16. The van der Waals surface area contributed by atoms with E-state index < -0.39 is 0 Å². The summed E-state index contributed by atoms with van der Waals surface area (Å²) in [4.78, 5) is 15.9. The topological polar surface area (TPSA) is 49.6 Å². The quantitative estimate of drug-likeness (QED) is 0.745. The summed E-state index contributed by atoms with van der Waals surface area (Å²) in [5.74, 6) is 0.757. The van der Waals surface area contributed by atoms with E-state index in [1.54, 1.807) is 0 Å². The van der Waals surface area contributed by atoms with Crippen LogP contribution in [-0.2, 0) is 4.79 Å². The zero-order valence-electron chi connectivity index (χ0n) is 10.8. The third-order valence-electron chi connectivity index (χ3n) is 3.59. The Morgan fingerprint density at radius 3 is 2.56 bits per heavy atom. The van der Waals surface area contributed by atoms with Gasteiger partial charge in [-0.25, -0.2) is 0 Å². The fraction of sp³-hybridized carbons (Fsp3) is 0.917. The predicted octanol–water partition coefficient (Wildman–Crippen LogP) is 0.524. The Bertz CT molecular complexity index is 230. The van der Waals surface area contributed by atoms with Crippen LogP contribution in [-0.4, -0.2) is 56.0 Å². The van der Waals surface area contributed by atoms with Crippen LogP contribution < -0.4 is 5.73 Å². The third-order valence-corrected chi connectivity index (χ3v) is 3.59. The fourth-order valence-corrected chi connectivity index (χ4v) is 2.48. The highest BCUT2D eigenvalue weighted by Crippen LogP contribution is 2.28. The molecule has 0 bridgehead atoms. The Balaban J connectivity index is 2.43. The van der Waals surface area contributed by atoms with Gasteiger partial charge in [0.05, 0.1) is 0 Å². The van der Waals surface area contributed by atoms with Crippen LogP contribution in [0.2, 0.25) is 0 Å². The number of nitrogens with zero attached hydrogens (tertiary/aromatic N) is 2. The second kappa shape index (κ2) is 6.21. The van der Waals surface area contributed by atoms with Gasteiger partial charge in [0.2, 0.25) is 5.91 Å². The fourth-order valence-electron chi connectivity index (χ4n) is 2.48. The van der Waals surface area contributed by atoms with Gasteiger partial charge in [-0.2, -0.15) is 0 Å². The van der Waals surface area contributed by atoms with Gasteiger partial charge in [0.15, 0.2) is 0 Å². The minimum absolute atomic E-state index is 0.249. The average Bonchev–Trinajstić information content (AvgIpc) is 2.72. The number of hydrogen-bond acceptors (Lipinski definition) is 3. The molecule has 0 heterocycles. The van der Waals surface area contributed by atoms with E-state index in [0.717, 1.165) is 13.0 Å². The molecular weight excluding hydrogens is 202 g/mol. The van der Waals surface area contributed by atoms with Crippen molar-refractivity contribution in [2.24, 2.45) is 11.7 Å². The first-order valence-corrected chi connectivity index (χ1v) is 6.16. The van der Waals surface area contributed by atoms with Crippen LogP contribution in [0.5, 0.6) is 0 Å². The van der Waals surface area contributed by atoms with Gasteiger partial charge < -0.3 is 15.5 Å². The highest BCUT2D eigenvalue weighted by molar-refractivity contribution is 5.76. The smallest absolute Gasteiger partial charge is 0.223 e. The Hall–Kier alpha value is -0.610. The summed E-state index contributed by atoms with van der Waals surface area (Å²) in [6.07, 6.45) is 4.10. The Labute approximate surface area is 98.8 Å². The second-order valence-electron chi connectivity index (χ2n) is 5.05. The molecule has 1 aliphatic rings. The number of carbonyl (C=O) groups is 1. The molecular formula is C12H25N3O. The molecule has 0 radical (unpaired) electrons. The van der Waals surface area contributed by atoms with Gasteiger partial charge in [-0.1, -0.05) is 6.42 Å². The number of hydrogen-bond donors (Lipinski definition) is 1. The molecule has 0 aromatic carbocycles. The van der Waals surface area contributed by atoms with Crippen LogP contribution in [0.25, 0.3) is 0 Å². The standard InChI is InChI=1S/C12H25N3O/c1-14(2)8-7-12(16)15(3)11-6-4-5-10(11)9-13/h10-11H,4-9,13H2,1-3H3. The van der Waals surface area contributed by atoms with E-state index in [0.29, 0.717) is 24.9 Å². The van der Waals surface area contributed by atoms with Gasteiger partial charge >= 0.3 is 0 Å². The van der Waals surface area contributed by atoms with Gasteiger partial charge in [0.25, 0.3) is 0 Å². The van der Waals surface area contributed by atoms with Crippen molar-refractivity contribution >= 4 is 5.91 Å². The van der Waals surface area contributed by atoms with Crippen molar-refractivity contribution in [2.45, 2.75) is 31.7 Å². The molecule has 0 aromatic heterocycles. The van der Waals surface area contributed by atoms with Gasteiger partial charge in [0.1, 0.15) is 0 Å². The van der Waals surface area contributed by atoms with Crippen LogP contribution in [0.3, 0.4) is 0 Å². The molecule has 0 aromatic rings. The number of rotatable bonds is 5. The summed E-state index contributed by atoms with van der Waals surface area (Å²) in [6.45, 7) is 1.53. The zero-order chi connectivity index (χ0) is 12.1. The average molecular weight is 227 g/mol. The highest BCUT2D eigenvalue weighted by Gasteiger charge is 2.31. The normalized spacial score (nSPS) is 25.1. The SMILES string of the molecule is CN(C)CCC(=O)N(C)C1CCCC1CN. The van der Waals surface area contributed by atoms with E-state index in [9.17, 15) is 4.79 Å². The van der Waals surface area contributed by atoms with E-state index in [1.807, 2.05) is 30.9 Å². The van der Waals surface area contributed by atoms with E-state index in [1.165, 1.54) is 12.8 Å². The second-order valence-corrected chi connectivity index (χ2v) is 5.05. The summed E-state index contributed by atoms with van der Waals surface area (Å²) in [5, 5.41) is 0. The lowest BCUT2D eigenvalue weighted by Crippen LogP contribution is -2.42. The van der Waals surface area contributed by atoms with Crippen molar-refractivity contribution in [2.75, 3.05) is 34.2 Å². The number of amides is 1. The van der Waals surface area contributed by atoms with E-state index in [4.69, 9.17) is 5.73 Å². The minimum atomic E-state index is 0.249. The Morgan fingerprint density at radius 1 is 1.31 bits per heavy atom. The number of carbonyl (C=O) groups excluding carboxylic acids is 1. The van der Waals surface area contributed by atoms with Crippen LogP contribution in [0.4, 0.5) is 0 Å². The van der Waals surface area contributed by atoms with Crippen molar-refractivity contribution < 1.29 is 4.79 Å². The van der Waals surface area contributed by atoms with E-state index >= 15 is 0 Å². The lowest BCUT2D eigenvalue weighted by Gasteiger charge is -2.29. The first kappa shape index (κ1) is 13.5. The van der Waals surface area contributed by atoms with Gasteiger partial charge in [-0.3, -0.25) is 4.79 Å². The van der Waals surface area contributed by atoms with Crippen molar-refractivity contribution in [1.82, 2.24) is 9.80 Å². The van der Waals surface area contributed by atoms with Crippen molar-refractivity contribution in [1.29, 1.82) is 0 Å². The molecule has 94 valence electrons. The molecule has 4 nitrogen and oxygen atoms in total. The summed E-state index contributed by atoms with van der Waals surface area (Å²) < 4.78 is 0. The summed E-state index contributed by atoms with van der Waals surface area (Å²) in [7, 11) is 5.91. The zero-order valence-corrected chi connectivity index (χ0v) is 10.8. The maximum atomic E-state index is 12.0. The van der Waals surface area contributed by atoms with Crippen molar-refractivity contribution in [3.63, 3.8) is 0 Å². The highest BCUT2D eigenvalue weighted by atomic mass is 16.2. The molecule has 2 N–H and O–H groups in total. The van der Waals surface area contributed by atoms with Gasteiger partial charge in [-0.05, 0) is 39.4 Å². The molecule has 0 aliphatic heterocycles. The molecule has 2 unspecified atom stereocenters. The van der Waals surface area contributed by atoms with E-state index in [-0.39, 0.29) is 5.91 Å². The van der Waals surface area contributed by atoms with Gasteiger partial charge in [-0.15, -0.1) is 0 Å². The molecule has 1 fully saturated rings. The van der Waals surface area contributed by atoms with Crippen LogP contribution in [0.15, 0.2) is 0 Å². The van der Waals surface area contributed by atoms with E-state index in [2.05, 4.69) is 0 Å². The molecule has 1 amide bonds. The summed E-state index contributed by atoms with van der Waals surface area (Å²) in [6, 6.07) is 0.375. The molecule has 0 spiro atoms. The third kappa shape index (κ3) is 3.46. The van der Waals surface area contributed by atoms with Crippen molar-refractivity contribution in [3.8, 4) is 0 Å². The summed E-state index contributed by atoms with van der Waals surface area (Å²) in [5.41, 5.74) is 5.74. The maximum absolute atomic E-state index is 12.0. The minimum Gasteiger partial charge on any atom is -0.342 e. The maximum Gasteiger partial charge on any atom is 0.223 e. The number of nitrogens with two attached hydrogens (primary N) is 1.